The standard InChI is InChI=1S/C25H21Br2N5O4S/c1-35-19-7-3-15(4-8-19)24-30-31-25(32(24)18-5-9-20(36-2)10-6-18)37-14-22(33)29-28-13-16-11-17(26)12-21(27)23(16)34/h3-13,34H,14H2,1-2H3,(H,29,33). The number of carbonyl (C=O) groups excluding carboxylic acids is 1. The number of phenols is 1. The summed E-state index contributed by atoms with van der Waals surface area (Å²) < 4.78 is 13.7. The maximum Gasteiger partial charge on any atom is 0.250 e. The average Bonchev–Trinajstić information content (AvgIpc) is 3.34. The van der Waals surface area contributed by atoms with Crippen LogP contribution in [0.3, 0.4) is 0 Å². The van der Waals surface area contributed by atoms with E-state index in [0.29, 0.717) is 21.0 Å². The monoisotopic (exact) mass is 645 g/mol. The molecule has 1 heterocycles. The van der Waals surface area contributed by atoms with Crippen molar-refractivity contribution in [2.24, 2.45) is 5.10 Å². The van der Waals surface area contributed by atoms with Gasteiger partial charge in [-0.3, -0.25) is 9.36 Å². The van der Waals surface area contributed by atoms with Crippen LogP contribution in [0, 0.1) is 0 Å². The molecule has 190 valence electrons. The number of thioether (sulfide) groups is 1. The van der Waals surface area contributed by atoms with Crippen molar-refractivity contribution in [3.05, 3.63) is 75.2 Å². The van der Waals surface area contributed by atoms with Gasteiger partial charge in [-0.25, -0.2) is 5.43 Å². The van der Waals surface area contributed by atoms with E-state index >= 15 is 0 Å². The zero-order valence-electron chi connectivity index (χ0n) is 19.7. The molecule has 0 aliphatic rings. The fraction of sp³-hybridized carbons (Fsp3) is 0.120. The lowest BCUT2D eigenvalue weighted by Gasteiger charge is -2.11. The van der Waals surface area contributed by atoms with Crippen molar-refractivity contribution in [2.45, 2.75) is 5.16 Å². The molecule has 9 nitrogen and oxygen atoms in total. The molecule has 1 aromatic heterocycles. The number of carbonyl (C=O) groups is 1. The quantitative estimate of drug-likeness (QED) is 0.142. The van der Waals surface area contributed by atoms with Gasteiger partial charge in [-0.15, -0.1) is 10.2 Å². The van der Waals surface area contributed by atoms with E-state index in [1.54, 1.807) is 26.4 Å². The number of hydrogen-bond donors (Lipinski definition) is 2. The number of methoxy groups -OCH3 is 2. The van der Waals surface area contributed by atoms with Gasteiger partial charge < -0.3 is 14.6 Å². The summed E-state index contributed by atoms with van der Waals surface area (Å²) in [7, 11) is 3.22. The lowest BCUT2D eigenvalue weighted by atomic mass is 10.2. The second kappa shape index (κ2) is 12.3. The molecule has 2 N–H and O–H groups in total. The fourth-order valence-corrected chi connectivity index (χ4v) is 5.28. The van der Waals surface area contributed by atoms with Crippen LogP contribution in [0.15, 0.2) is 79.9 Å². The molecule has 0 aliphatic heterocycles. The number of rotatable bonds is 9. The number of nitrogens with zero attached hydrogens (tertiary/aromatic N) is 4. The van der Waals surface area contributed by atoms with Crippen LogP contribution in [-0.4, -0.2) is 52.0 Å². The molecular formula is C25H21Br2N5O4S. The van der Waals surface area contributed by atoms with E-state index in [1.807, 2.05) is 53.1 Å². The van der Waals surface area contributed by atoms with E-state index < -0.39 is 0 Å². The Balaban J connectivity index is 1.53. The predicted molar refractivity (Wildman–Crippen MR) is 150 cm³/mol. The number of halogens is 2. The van der Waals surface area contributed by atoms with Gasteiger partial charge in [-0.2, -0.15) is 5.10 Å². The molecule has 0 fully saturated rings. The van der Waals surface area contributed by atoms with Crippen LogP contribution in [0.25, 0.3) is 17.1 Å². The minimum absolute atomic E-state index is 0.0224. The fourth-order valence-electron chi connectivity index (χ4n) is 3.28. The van der Waals surface area contributed by atoms with Gasteiger partial charge in [0.2, 0.25) is 0 Å². The van der Waals surface area contributed by atoms with Gasteiger partial charge in [0.1, 0.15) is 17.2 Å². The lowest BCUT2D eigenvalue weighted by molar-refractivity contribution is -0.118. The Bertz CT molecular complexity index is 1430. The second-order valence-electron chi connectivity index (χ2n) is 7.48. The number of aromatic hydroxyl groups is 1. The highest BCUT2D eigenvalue weighted by molar-refractivity contribution is 9.11. The third-order valence-corrected chi connectivity index (χ3v) is 7.09. The summed E-state index contributed by atoms with van der Waals surface area (Å²) in [4.78, 5) is 12.5. The molecule has 0 aliphatic carbocycles. The van der Waals surface area contributed by atoms with Gasteiger partial charge in [0.15, 0.2) is 11.0 Å². The molecule has 0 radical (unpaired) electrons. The Morgan fingerprint density at radius 3 is 2.35 bits per heavy atom. The van der Waals surface area contributed by atoms with Crippen molar-refractivity contribution in [2.75, 3.05) is 20.0 Å². The molecule has 1 amide bonds. The van der Waals surface area contributed by atoms with Crippen molar-refractivity contribution in [1.82, 2.24) is 20.2 Å². The van der Waals surface area contributed by atoms with Gasteiger partial charge in [-0.1, -0.05) is 27.7 Å². The van der Waals surface area contributed by atoms with E-state index in [9.17, 15) is 9.90 Å². The average molecular weight is 647 g/mol. The van der Waals surface area contributed by atoms with Crippen molar-refractivity contribution < 1.29 is 19.4 Å². The molecule has 12 heteroatoms. The first-order valence-corrected chi connectivity index (χ1v) is 13.3. The number of hydrogen-bond acceptors (Lipinski definition) is 8. The summed E-state index contributed by atoms with van der Waals surface area (Å²) in [6.07, 6.45) is 1.37. The number of phenolic OH excluding ortho intramolecular Hbond substituents is 1. The molecule has 37 heavy (non-hydrogen) atoms. The van der Waals surface area contributed by atoms with Gasteiger partial charge in [0, 0.05) is 21.3 Å². The Kier molecular flexibility index (Phi) is 8.85. The van der Waals surface area contributed by atoms with Crippen molar-refractivity contribution in [3.8, 4) is 34.3 Å². The van der Waals surface area contributed by atoms with Crippen molar-refractivity contribution in [1.29, 1.82) is 0 Å². The maximum atomic E-state index is 12.5. The number of amides is 1. The zero-order valence-corrected chi connectivity index (χ0v) is 23.7. The molecular weight excluding hydrogens is 626 g/mol. The minimum atomic E-state index is -0.343. The van der Waals surface area contributed by atoms with Gasteiger partial charge in [-0.05, 0) is 76.6 Å². The van der Waals surface area contributed by atoms with Crippen LogP contribution in [-0.2, 0) is 4.79 Å². The highest BCUT2D eigenvalue weighted by Gasteiger charge is 2.18. The summed E-state index contributed by atoms with van der Waals surface area (Å²) >= 11 is 7.84. The molecule has 0 atom stereocenters. The minimum Gasteiger partial charge on any atom is -0.506 e. The number of hydrazone groups is 1. The van der Waals surface area contributed by atoms with Gasteiger partial charge >= 0.3 is 0 Å². The highest BCUT2D eigenvalue weighted by atomic mass is 79.9. The van der Waals surface area contributed by atoms with E-state index in [4.69, 9.17) is 9.47 Å². The first-order chi connectivity index (χ1) is 17.9. The van der Waals surface area contributed by atoms with E-state index in [-0.39, 0.29) is 17.4 Å². The molecule has 0 saturated carbocycles. The third kappa shape index (κ3) is 6.51. The molecule has 4 rings (SSSR count). The normalized spacial score (nSPS) is 11.0. The third-order valence-electron chi connectivity index (χ3n) is 5.10. The van der Waals surface area contributed by atoms with Crippen LogP contribution in [0.5, 0.6) is 17.2 Å². The smallest absolute Gasteiger partial charge is 0.250 e. The lowest BCUT2D eigenvalue weighted by Crippen LogP contribution is -2.20. The zero-order chi connectivity index (χ0) is 26.4. The van der Waals surface area contributed by atoms with E-state index in [0.717, 1.165) is 27.2 Å². The number of aromatic nitrogens is 3. The Morgan fingerprint density at radius 2 is 1.70 bits per heavy atom. The first-order valence-electron chi connectivity index (χ1n) is 10.8. The van der Waals surface area contributed by atoms with Gasteiger partial charge in [0.25, 0.3) is 5.91 Å². The Hall–Kier alpha value is -3.35. The molecule has 0 saturated heterocycles. The van der Waals surface area contributed by atoms with E-state index in [2.05, 4.69) is 52.6 Å². The van der Waals surface area contributed by atoms with Crippen LogP contribution in [0.1, 0.15) is 5.56 Å². The summed E-state index contributed by atoms with van der Waals surface area (Å²) in [6, 6.07) is 18.4. The second-order valence-corrected chi connectivity index (χ2v) is 10.2. The van der Waals surface area contributed by atoms with Gasteiger partial charge in [0.05, 0.1) is 30.7 Å². The molecule has 0 unspecified atom stereocenters. The van der Waals surface area contributed by atoms with Crippen LogP contribution in [0.2, 0.25) is 0 Å². The van der Waals surface area contributed by atoms with Crippen LogP contribution >= 0.6 is 43.6 Å². The number of nitrogens with one attached hydrogen (secondary N) is 1. The molecule has 4 aromatic rings. The Labute approximate surface area is 234 Å². The number of benzene rings is 3. The first kappa shape index (κ1) is 26.7. The SMILES string of the molecule is COc1ccc(-c2nnc(SCC(=O)NN=Cc3cc(Br)cc(Br)c3O)n2-c2ccc(OC)cc2)cc1. The number of ether oxygens (including phenoxy) is 2. The molecule has 3 aromatic carbocycles. The topological polar surface area (TPSA) is 111 Å². The summed E-state index contributed by atoms with van der Waals surface area (Å²) in [5.41, 5.74) is 4.57. The summed E-state index contributed by atoms with van der Waals surface area (Å²) in [6.45, 7) is 0. The maximum absolute atomic E-state index is 12.5. The summed E-state index contributed by atoms with van der Waals surface area (Å²) in [5.74, 6) is 1.79. The Morgan fingerprint density at radius 1 is 1.05 bits per heavy atom. The van der Waals surface area contributed by atoms with Crippen molar-refractivity contribution >= 4 is 55.7 Å². The highest BCUT2D eigenvalue weighted by Crippen LogP contribution is 2.31. The van der Waals surface area contributed by atoms with Crippen LogP contribution in [0.4, 0.5) is 0 Å². The van der Waals surface area contributed by atoms with Crippen LogP contribution < -0.4 is 14.9 Å². The largest absolute Gasteiger partial charge is 0.506 e. The summed E-state index contributed by atoms with van der Waals surface area (Å²) in [5, 5.41) is 23.3. The predicted octanol–water partition coefficient (Wildman–Crippen LogP) is 5.42. The van der Waals surface area contributed by atoms with E-state index in [1.165, 1.54) is 18.0 Å². The van der Waals surface area contributed by atoms with Crippen molar-refractivity contribution in [3.63, 3.8) is 0 Å². The molecule has 0 spiro atoms. The molecule has 0 bridgehead atoms.